The van der Waals surface area contributed by atoms with Gasteiger partial charge in [0.1, 0.15) is 0 Å². The minimum Gasteiger partial charge on any atom is -0.341 e. The number of nitrogens with zero attached hydrogens (tertiary/aromatic N) is 2. The first-order valence-electron chi connectivity index (χ1n) is 8.34. The Labute approximate surface area is 150 Å². The van der Waals surface area contributed by atoms with E-state index in [4.69, 9.17) is 0 Å². The molecule has 2 aromatic carbocycles. The highest BCUT2D eigenvalue weighted by molar-refractivity contribution is 7.97. The highest BCUT2D eigenvalue weighted by atomic mass is 32.2. The molecular weight excluding hydrogens is 345 g/mol. The number of para-hydroxylation sites is 2. The zero-order valence-electron chi connectivity index (χ0n) is 14.1. The summed E-state index contributed by atoms with van der Waals surface area (Å²) in [5.74, 6) is 0. The molecule has 6 heteroatoms. The van der Waals surface area contributed by atoms with Crippen LogP contribution in [0.25, 0.3) is 0 Å². The van der Waals surface area contributed by atoms with E-state index < -0.39 is 5.51 Å². The molecule has 1 aliphatic rings. The minimum absolute atomic E-state index is 0.0665. The summed E-state index contributed by atoms with van der Waals surface area (Å²) >= 11 is -0.0665. The lowest BCUT2D eigenvalue weighted by atomic mass is 10.0. The fourth-order valence-corrected chi connectivity index (χ4v) is 3.86. The molecule has 0 saturated carbocycles. The largest absolute Gasteiger partial charge is 0.456 e. The maximum Gasteiger partial charge on any atom is 0.456 e. The van der Waals surface area contributed by atoms with E-state index in [2.05, 4.69) is 29.2 Å². The Kier molecular flexibility index (Phi) is 5.59. The van der Waals surface area contributed by atoms with Crippen LogP contribution < -0.4 is 4.90 Å². The van der Waals surface area contributed by atoms with Gasteiger partial charge in [0.25, 0.3) is 0 Å². The average molecular weight is 366 g/mol. The summed E-state index contributed by atoms with van der Waals surface area (Å²) in [4.78, 5) is 2.25. The second-order valence-electron chi connectivity index (χ2n) is 6.15. The average Bonchev–Trinajstić information content (AvgIpc) is 2.71. The van der Waals surface area contributed by atoms with Crippen LogP contribution in [0.3, 0.4) is 0 Å². The number of fused-ring (bicyclic) bond motifs is 2. The Morgan fingerprint density at radius 3 is 2.00 bits per heavy atom. The summed E-state index contributed by atoms with van der Waals surface area (Å²) in [6, 6.07) is 16.6. The van der Waals surface area contributed by atoms with Crippen molar-refractivity contribution in [2.24, 2.45) is 0 Å². The molecule has 0 radical (unpaired) electrons. The summed E-state index contributed by atoms with van der Waals surface area (Å²) in [7, 11) is 1.49. The van der Waals surface area contributed by atoms with E-state index in [1.807, 2.05) is 24.3 Å². The van der Waals surface area contributed by atoms with Gasteiger partial charge in [-0.05, 0) is 49.6 Å². The number of hydrogen-bond donors (Lipinski definition) is 0. The molecule has 0 spiro atoms. The van der Waals surface area contributed by atoms with Crippen molar-refractivity contribution in [1.29, 1.82) is 0 Å². The van der Waals surface area contributed by atoms with Crippen LogP contribution >= 0.6 is 11.9 Å². The van der Waals surface area contributed by atoms with Crippen LogP contribution in [0.5, 0.6) is 0 Å². The fourth-order valence-electron chi connectivity index (χ4n) is 3.28. The number of aryl methyl sites for hydroxylation is 2. The highest BCUT2D eigenvalue weighted by Gasteiger charge is 2.31. The summed E-state index contributed by atoms with van der Waals surface area (Å²) in [5.41, 5.74) is 0.682. The third kappa shape index (κ3) is 4.70. The predicted molar refractivity (Wildman–Crippen MR) is 98.2 cm³/mol. The van der Waals surface area contributed by atoms with Crippen LogP contribution in [0.4, 0.5) is 24.5 Å². The zero-order valence-corrected chi connectivity index (χ0v) is 14.9. The van der Waals surface area contributed by atoms with Crippen molar-refractivity contribution in [3.63, 3.8) is 0 Å². The summed E-state index contributed by atoms with van der Waals surface area (Å²) in [6.07, 6.45) is 2.61. The van der Waals surface area contributed by atoms with Gasteiger partial charge in [0.15, 0.2) is 0 Å². The van der Waals surface area contributed by atoms with Crippen LogP contribution in [0.15, 0.2) is 48.5 Å². The van der Waals surface area contributed by atoms with Crippen molar-refractivity contribution in [2.75, 3.05) is 25.0 Å². The Morgan fingerprint density at radius 2 is 1.48 bits per heavy atom. The Morgan fingerprint density at radius 1 is 0.960 bits per heavy atom. The molecule has 0 atom stereocenters. The summed E-state index contributed by atoms with van der Waals surface area (Å²) in [6.45, 7) is 1.07. The van der Waals surface area contributed by atoms with Crippen molar-refractivity contribution in [1.82, 2.24) is 4.31 Å². The second kappa shape index (κ2) is 7.70. The molecule has 134 valence electrons. The summed E-state index contributed by atoms with van der Waals surface area (Å²) in [5, 5.41) is 0. The normalized spacial score (nSPS) is 14.2. The van der Waals surface area contributed by atoms with Gasteiger partial charge in [-0.2, -0.15) is 13.2 Å². The summed E-state index contributed by atoms with van der Waals surface area (Å²) < 4.78 is 38.6. The molecular formula is C19H21F3N2S. The van der Waals surface area contributed by atoms with E-state index >= 15 is 0 Å². The van der Waals surface area contributed by atoms with Gasteiger partial charge in [-0.3, -0.25) is 0 Å². The van der Waals surface area contributed by atoms with Gasteiger partial charge in [-0.1, -0.05) is 36.4 Å². The molecule has 2 aromatic rings. The molecule has 0 bridgehead atoms. The molecule has 0 saturated heterocycles. The minimum atomic E-state index is -4.23. The molecule has 0 amide bonds. The first-order chi connectivity index (χ1) is 11.9. The lowest BCUT2D eigenvalue weighted by Gasteiger charge is -2.28. The molecule has 2 nitrogen and oxygen atoms in total. The van der Waals surface area contributed by atoms with Crippen LogP contribution in [-0.2, 0) is 12.8 Å². The SMILES string of the molecule is CN(CCCN1c2ccccc2CCc2ccccc21)SC(F)(F)F. The molecule has 0 aliphatic carbocycles. The van der Waals surface area contributed by atoms with E-state index in [0.29, 0.717) is 19.5 Å². The van der Waals surface area contributed by atoms with Crippen molar-refractivity contribution in [2.45, 2.75) is 24.8 Å². The highest BCUT2D eigenvalue weighted by Crippen LogP contribution is 2.36. The smallest absolute Gasteiger partial charge is 0.341 e. The number of alkyl halides is 3. The third-order valence-corrected chi connectivity index (χ3v) is 5.04. The van der Waals surface area contributed by atoms with Gasteiger partial charge >= 0.3 is 5.51 Å². The standard InChI is InChI=1S/C19H21F3N2S/c1-23(25-19(20,21)22)13-6-14-24-17-9-4-2-7-15(17)11-12-16-8-3-5-10-18(16)24/h2-5,7-10H,6,11-14H2,1H3. The third-order valence-electron chi connectivity index (χ3n) is 4.34. The number of rotatable bonds is 5. The van der Waals surface area contributed by atoms with E-state index in [-0.39, 0.29) is 11.9 Å². The molecule has 1 aliphatic heterocycles. The molecule has 0 N–H and O–H groups in total. The molecule has 25 heavy (non-hydrogen) atoms. The van der Waals surface area contributed by atoms with Crippen LogP contribution in [0, 0.1) is 0 Å². The molecule has 0 fully saturated rings. The quantitative estimate of drug-likeness (QED) is 0.653. The number of benzene rings is 2. The number of hydrogen-bond acceptors (Lipinski definition) is 3. The van der Waals surface area contributed by atoms with Gasteiger partial charge in [0, 0.05) is 36.4 Å². The monoisotopic (exact) mass is 366 g/mol. The van der Waals surface area contributed by atoms with E-state index in [0.717, 1.165) is 12.8 Å². The zero-order chi connectivity index (χ0) is 17.9. The van der Waals surface area contributed by atoms with Crippen LogP contribution in [0.2, 0.25) is 0 Å². The van der Waals surface area contributed by atoms with Crippen molar-refractivity contribution < 1.29 is 13.2 Å². The maximum atomic E-state index is 12.4. The lowest BCUT2D eigenvalue weighted by molar-refractivity contribution is -0.0358. The lowest BCUT2D eigenvalue weighted by Crippen LogP contribution is -2.24. The van der Waals surface area contributed by atoms with Gasteiger partial charge in [0.2, 0.25) is 0 Å². The van der Waals surface area contributed by atoms with Gasteiger partial charge in [0.05, 0.1) is 0 Å². The first kappa shape index (κ1) is 18.1. The van der Waals surface area contributed by atoms with Gasteiger partial charge in [-0.25, -0.2) is 4.31 Å². The predicted octanol–water partition coefficient (Wildman–Crippen LogP) is 5.41. The van der Waals surface area contributed by atoms with Crippen molar-refractivity contribution in [3.8, 4) is 0 Å². The van der Waals surface area contributed by atoms with Gasteiger partial charge < -0.3 is 4.90 Å². The Hall–Kier alpha value is -1.66. The molecule has 0 aromatic heterocycles. The Balaban J connectivity index is 1.76. The molecule has 0 unspecified atom stereocenters. The van der Waals surface area contributed by atoms with Crippen LogP contribution in [0.1, 0.15) is 17.5 Å². The van der Waals surface area contributed by atoms with Crippen molar-refractivity contribution in [3.05, 3.63) is 59.7 Å². The maximum absolute atomic E-state index is 12.4. The Bertz CT molecular complexity index is 670. The second-order valence-corrected chi connectivity index (χ2v) is 7.42. The van der Waals surface area contributed by atoms with E-state index in [1.165, 1.54) is 33.9 Å². The van der Waals surface area contributed by atoms with E-state index in [1.54, 1.807) is 0 Å². The number of halogens is 3. The number of anilines is 2. The van der Waals surface area contributed by atoms with Crippen molar-refractivity contribution >= 4 is 23.3 Å². The van der Waals surface area contributed by atoms with E-state index in [9.17, 15) is 13.2 Å². The molecule has 3 rings (SSSR count). The molecule has 1 heterocycles. The van der Waals surface area contributed by atoms with Crippen LogP contribution in [-0.4, -0.2) is 30.0 Å². The van der Waals surface area contributed by atoms with Gasteiger partial charge in [-0.15, -0.1) is 0 Å². The first-order valence-corrected chi connectivity index (χ1v) is 9.12. The topological polar surface area (TPSA) is 6.48 Å². The fraction of sp³-hybridized carbons (Fsp3) is 0.368.